The summed E-state index contributed by atoms with van der Waals surface area (Å²) in [5.74, 6) is 0.115. The van der Waals surface area contributed by atoms with E-state index in [1.807, 2.05) is 60.5 Å². The van der Waals surface area contributed by atoms with Crippen LogP contribution in [0.1, 0.15) is 27.3 Å². The molecule has 0 spiro atoms. The fraction of sp³-hybridized carbons (Fsp3) is 0.238. The Bertz CT molecular complexity index is 946. The number of benzene rings is 1. The maximum absolute atomic E-state index is 12.8. The maximum atomic E-state index is 12.8. The molecule has 0 atom stereocenters. The third-order valence-electron chi connectivity index (χ3n) is 4.44. The molecule has 0 N–H and O–H groups in total. The van der Waals surface area contributed by atoms with Crippen LogP contribution in [0.2, 0.25) is 0 Å². The number of hydrogen-bond acceptors (Lipinski definition) is 2. The van der Waals surface area contributed by atoms with Gasteiger partial charge in [0, 0.05) is 34.8 Å². The Morgan fingerprint density at radius 1 is 1.07 bits per heavy atom. The van der Waals surface area contributed by atoms with Gasteiger partial charge in [-0.15, -0.1) is 0 Å². The largest absolute Gasteiger partial charge is 0.435 e. The maximum Gasteiger partial charge on any atom is 0.387 e. The van der Waals surface area contributed by atoms with Crippen LogP contribution >= 0.6 is 0 Å². The molecule has 0 saturated heterocycles. The van der Waals surface area contributed by atoms with Gasteiger partial charge >= 0.3 is 6.61 Å². The van der Waals surface area contributed by atoms with Crippen molar-refractivity contribution in [2.75, 3.05) is 0 Å². The summed E-state index contributed by atoms with van der Waals surface area (Å²) in [7, 11) is 0. The predicted octanol–water partition coefficient (Wildman–Crippen LogP) is 4.17. The average Bonchev–Trinajstić information content (AvgIpc) is 2.92. The Morgan fingerprint density at radius 3 is 2.30 bits per heavy atom. The summed E-state index contributed by atoms with van der Waals surface area (Å²) in [6, 6.07) is 12.1. The number of ether oxygens (including phenoxy) is 1. The highest BCUT2D eigenvalue weighted by molar-refractivity contribution is 5.96. The molecule has 3 rings (SSSR count). The number of ketones is 1. The van der Waals surface area contributed by atoms with E-state index in [4.69, 9.17) is 0 Å². The number of carbonyl (C=O) groups excluding carboxylic acids is 1. The summed E-state index contributed by atoms with van der Waals surface area (Å²) in [6.07, 6.45) is 3.77. The van der Waals surface area contributed by atoms with Crippen LogP contribution in [0.3, 0.4) is 0 Å². The van der Waals surface area contributed by atoms with Gasteiger partial charge in [-0.25, -0.2) is 0 Å². The fourth-order valence-electron chi connectivity index (χ4n) is 3.11. The molecule has 6 heteroatoms. The summed E-state index contributed by atoms with van der Waals surface area (Å²) in [5, 5.41) is 0. The first kappa shape index (κ1) is 18.8. The normalized spacial score (nSPS) is 11.0. The molecule has 27 heavy (non-hydrogen) atoms. The van der Waals surface area contributed by atoms with Gasteiger partial charge in [0.1, 0.15) is 5.75 Å². The van der Waals surface area contributed by atoms with Gasteiger partial charge in [-0.1, -0.05) is 0 Å². The van der Waals surface area contributed by atoms with Gasteiger partial charge in [0.25, 0.3) is 0 Å². The molecule has 0 fully saturated rings. The minimum absolute atomic E-state index is 0.0147. The first-order valence-corrected chi connectivity index (χ1v) is 8.58. The van der Waals surface area contributed by atoms with Gasteiger partial charge in [-0.2, -0.15) is 13.3 Å². The van der Waals surface area contributed by atoms with Gasteiger partial charge in [-0.3, -0.25) is 4.79 Å². The van der Waals surface area contributed by atoms with Gasteiger partial charge in [0.2, 0.25) is 12.3 Å². The number of pyridine rings is 1. The van der Waals surface area contributed by atoms with E-state index in [0.29, 0.717) is 5.56 Å². The molecule has 1 aromatic carbocycles. The lowest BCUT2D eigenvalue weighted by atomic mass is 10.1. The van der Waals surface area contributed by atoms with Crippen molar-refractivity contribution in [1.29, 1.82) is 0 Å². The SMILES string of the molecule is Cc1cc[n+](CC(=O)c2cc(C)n(-c3ccc(OC(F)F)cc3)c2C)cc1. The third kappa shape index (κ3) is 4.22. The fourth-order valence-corrected chi connectivity index (χ4v) is 3.11. The summed E-state index contributed by atoms with van der Waals surface area (Å²) >= 11 is 0. The summed E-state index contributed by atoms with van der Waals surface area (Å²) in [4.78, 5) is 12.8. The molecular weight excluding hydrogens is 350 g/mol. The first-order chi connectivity index (χ1) is 12.8. The second-order valence-electron chi connectivity index (χ2n) is 6.46. The highest BCUT2D eigenvalue weighted by Crippen LogP contribution is 2.24. The van der Waals surface area contributed by atoms with Crippen LogP contribution in [0.25, 0.3) is 5.69 Å². The van der Waals surface area contributed by atoms with Crippen molar-refractivity contribution in [2.24, 2.45) is 0 Å². The van der Waals surface area contributed by atoms with Crippen molar-refractivity contribution in [3.05, 3.63) is 77.4 Å². The number of carbonyl (C=O) groups is 1. The second kappa shape index (κ2) is 7.70. The lowest BCUT2D eigenvalue weighted by Gasteiger charge is -2.11. The van der Waals surface area contributed by atoms with Crippen molar-refractivity contribution in [2.45, 2.75) is 33.9 Å². The van der Waals surface area contributed by atoms with Crippen LogP contribution < -0.4 is 9.30 Å². The van der Waals surface area contributed by atoms with Crippen molar-refractivity contribution in [1.82, 2.24) is 4.57 Å². The van der Waals surface area contributed by atoms with E-state index >= 15 is 0 Å². The Balaban J connectivity index is 1.85. The number of aryl methyl sites for hydroxylation is 2. The zero-order chi connectivity index (χ0) is 19.6. The molecule has 0 aliphatic carbocycles. The third-order valence-corrected chi connectivity index (χ3v) is 4.44. The molecule has 0 unspecified atom stereocenters. The monoisotopic (exact) mass is 371 g/mol. The van der Waals surface area contributed by atoms with Gasteiger partial charge in [0.15, 0.2) is 12.4 Å². The van der Waals surface area contributed by atoms with E-state index in [-0.39, 0.29) is 18.1 Å². The van der Waals surface area contributed by atoms with E-state index in [1.54, 1.807) is 12.1 Å². The average molecular weight is 371 g/mol. The van der Waals surface area contributed by atoms with Crippen LogP contribution in [0.4, 0.5) is 8.78 Å². The number of alkyl halides is 2. The number of nitrogens with zero attached hydrogens (tertiary/aromatic N) is 2. The first-order valence-electron chi connectivity index (χ1n) is 8.58. The standard InChI is InChI=1S/C21H21F2N2O2/c1-14-8-10-24(11-9-14)13-20(26)19-12-15(2)25(16(19)3)17-4-6-18(7-5-17)27-21(22)23/h4-12,21H,13H2,1-3H3/q+1. The molecule has 2 aromatic heterocycles. The Labute approximate surface area is 156 Å². The zero-order valence-electron chi connectivity index (χ0n) is 15.4. The van der Waals surface area contributed by atoms with E-state index in [9.17, 15) is 13.6 Å². The topological polar surface area (TPSA) is 35.1 Å². The lowest BCUT2D eigenvalue weighted by molar-refractivity contribution is -0.683. The number of aromatic nitrogens is 2. The van der Waals surface area contributed by atoms with Gasteiger partial charge in [-0.05, 0) is 56.7 Å². The molecule has 2 heterocycles. The highest BCUT2D eigenvalue weighted by atomic mass is 19.3. The smallest absolute Gasteiger partial charge is 0.387 e. The van der Waals surface area contributed by atoms with Crippen molar-refractivity contribution in [3.8, 4) is 11.4 Å². The number of halogens is 2. The minimum Gasteiger partial charge on any atom is -0.435 e. The molecule has 0 bridgehead atoms. The van der Waals surface area contributed by atoms with E-state index < -0.39 is 6.61 Å². The molecule has 0 radical (unpaired) electrons. The Hall–Kier alpha value is -3.02. The summed E-state index contributed by atoms with van der Waals surface area (Å²) in [5.41, 5.74) is 4.28. The van der Waals surface area contributed by atoms with Crippen molar-refractivity contribution < 1.29 is 22.9 Å². The van der Waals surface area contributed by atoms with Crippen LogP contribution in [-0.4, -0.2) is 17.0 Å². The van der Waals surface area contributed by atoms with Crippen LogP contribution in [0.5, 0.6) is 5.75 Å². The molecule has 0 aliphatic heterocycles. The minimum atomic E-state index is -2.85. The van der Waals surface area contributed by atoms with Crippen LogP contribution in [0, 0.1) is 20.8 Å². The van der Waals surface area contributed by atoms with Crippen LogP contribution in [0.15, 0.2) is 54.9 Å². The van der Waals surface area contributed by atoms with E-state index in [0.717, 1.165) is 22.6 Å². The van der Waals surface area contributed by atoms with E-state index in [2.05, 4.69) is 4.74 Å². The predicted molar refractivity (Wildman–Crippen MR) is 97.6 cm³/mol. The number of hydrogen-bond donors (Lipinski definition) is 0. The van der Waals surface area contributed by atoms with E-state index in [1.165, 1.54) is 12.1 Å². The highest BCUT2D eigenvalue weighted by Gasteiger charge is 2.20. The molecule has 4 nitrogen and oxygen atoms in total. The molecule has 3 aromatic rings. The lowest BCUT2D eigenvalue weighted by Crippen LogP contribution is -2.37. The number of rotatable bonds is 6. The van der Waals surface area contributed by atoms with Gasteiger partial charge < -0.3 is 9.30 Å². The number of Topliss-reactive ketones (excluding diaryl/α,β-unsaturated/α-hetero) is 1. The van der Waals surface area contributed by atoms with Crippen LogP contribution in [-0.2, 0) is 6.54 Å². The van der Waals surface area contributed by atoms with Gasteiger partial charge in [0.05, 0.1) is 0 Å². The summed E-state index contributed by atoms with van der Waals surface area (Å²) in [6.45, 7) is 3.19. The Morgan fingerprint density at radius 2 is 1.70 bits per heavy atom. The van der Waals surface area contributed by atoms with Crippen molar-refractivity contribution in [3.63, 3.8) is 0 Å². The Kier molecular flexibility index (Phi) is 5.35. The second-order valence-corrected chi connectivity index (χ2v) is 6.46. The molecule has 0 saturated carbocycles. The molecular formula is C21H21F2N2O2+. The zero-order valence-corrected chi connectivity index (χ0v) is 15.4. The molecule has 0 aliphatic rings. The quantitative estimate of drug-likeness (QED) is 0.481. The molecule has 0 amide bonds. The molecule has 140 valence electrons. The van der Waals surface area contributed by atoms with Crippen molar-refractivity contribution >= 4 is 5.78 Å². The summed E-state index contributed by atoms with van der Waals surface area (Å²) < 4.78 is 32.8.